The van der Waals surface area contributed by atoms with Crippen LogP contribution in [-0.4, -0.2) is 4.92 Å². The van der Waals surface area contributed by atoms with Crippen LogP contribution in [0.3, 0.4) is 0 Å². The normalized spacial score (nSPS) is 12.3. The van der Waals surface area contributed by atoms with Crippen molar-refractivity contribution in [3.63, 3.8) is 0 Å². The van der Waals surface area contributed by atoms with E-state index in [4.69, 9.17) is 4.42 Å². The second kappa shape index (κ2) is 5.30. The maximum Gasteiger partial charge on any atom is 0.433 e. The van der Waals surface area contributed by atoms with Crippen molar-refractivity contribution < 1.29 is 13.7 Å². The van der Waals surface area contributed by atoms with Gasteiger partial charge in [0, 0.05) is 0 Å². The van der Waals surface area contributed by atoms with Gasteiger partial charge in [0.1, 0.15) is 16.5 Å². The third-order valence-electron chi connectivity index (χ3n) is 2.46. The van der Waals surface area contributed by atoms with Gasteiger partial charge in [-0.3, -0.25) is 10.1 Å². The van der Waals surface area contributed by atoms with Crippen molar-refractivity contribution in [2.75, 3.05) is 0 Å². The predicted octanol–water partition coefficient (Wildman–Crippen LogP) is 4.01. The molecule has 1 aromatic carbocycles. The number of hydrogen-bond acceptors (Lipinski definition) is 3. The molecular weight excluding hydrogens is 305 g/mol. The molecule has 1 atom stereocenters. The minimum absolute atomic E-state index is 0.303. The minimum Gasteiger partial charge on any atom is -0.405 e. The molecule has 2 rings (SSSR count). The fraction of sp³-hybridized carbons (Fsp3) is 0.167. The standard InChI is InChI=1S/C12H9BrFNO3/c13-9(7-8-3-1-2-4-10(8)14)11-5-6-12(18-11)15(16)17/h1-6,9H,7H2. The summed E-state index contributed by atoms with van der Waals surface area (Å²) < 4.78 is 18.5. The van der Waals surface area contributed by atoms with Gasteiger partial charge in [-0.05, 0) is 24.1 Å². The molecule has 2 aromatic rings. The van der Waals surface area contributed by atoms with Gasteiger partial charge in [-0.1, -0.05) is 34.1 Å². The van der Waals surface area contributed by atoms with Gasteiger partial charge in [0.2, 0.25) is 0 Å². The van der Waals surface area contributed by atoms with Crippen LogP contribution in [0.25, 0.3) is 0 Å². The lowest BCUT2D eigenvalue weighted by Crippen LogP contribution is -1.96. The van der Waals surface area contributed by atoms with Crippen LogP contribution in [0.2, 0.25) is 0 Å². The molecule has 0 aliphatic carbocycles. The van der Waals surface area contributed by atoms with Crippen LogP contribution in [0.5, 0.6) is 0 Å². The predicted molar refractivity (Wildman–Crippen MR) is 67.1 cm³/mol. The van der Waals surface area contributed by atoms with Crippen molar-refractivity contribution in [3.8, 4) is 0 Å². The maximum absolute atomic E-state index is 13.4. The van der Waals surface area contributed by atoms with E-state index in [0.717, 1.165) is 0 Å². The highest BCUT2D eigenvalue weighted by molar-refractivity contribution is 9.09. The molecule has 1 unspecified atom stereocenters. The molecule has 94 valence electrons. The number of rotatable bonds is 4. The van der Waals surface area contributed by atoms with Crippen LogP contribution < -0.4 is 0 Å². The quantitative estimate of drug-likeness (QED) is 0.487. The molecular formula is C12H9BrFNO3. The monoisotopic (exact) mass is 313 g/mol. The second-order valence-corrected chi connectivity index (χ2v) is 4.80. The number of furan rings is 1. The Bertz CT molecular complexity index is 570. The highest BCUT2D eigenvalue weighted by atomic mass is 79.9. The van der Waals surface area contributed by atoms with Crippen molar-refractivity contribution >= 4 is 21.8 Å². The number of benzene rings is 1. The van der Waals surface area contributed by atoms with Gasteiger partial charge >= 0.3 is 5.88 Å². The van der Waals surface area contributed by atoms with Gasteiger partial charge in [0.15, 0.2) is 0 Å². The van der Waals surface area contributed by atoms with E-state index in [0.29, 0.717) is 17.7 Å². The van der Waals surface area contributed by atoms with E-state index in [-0.39, 0.29) is 16.5 Å². The van der Waals surface area contributed by atoms with Crippen LogP contribution in [-0.2, 0) is 6.42 Å². The first-order valence-corrected chi connectivity index (χ1v) is 6.11. The van der Waals surface area contributed by atoms with Crippen molar-refractivity contribution in [1.82, 2.24) is 0 Å². The number of nitro groups is 1. The van der Waals surface area contributed by atoms with E-state index in [1.807, 2.05) is 0 Å². The molecule has 18 heavy (non-hydrogen) atoms. The van der Waals surface area contributed by atoms with E-state index >= 15 is 0 Å². The van der Waals surface area contributed by atoms with Crippen molar-refractivity contribution in [3.05, 3.63) is 63.7 Å². The third kappa shape index (κ3) is 2.76. The van der Waals surface area contributed by atoms with E-state index in [2.05, 4.69) is 15.9 Å². The average molecular weight is 314 g/mol. The Morgan fingerprint density at radius 3 is 2.67 bits per heavy atom. The number of hydrogen-bond donors (Lipinski definition) is 0. The van der Waals surface area contributed by atoms with Gasteiger partial charge in [-0.25, -0.2) is 4.39 Å². The van der Waals surface area contributed by atoms with E-state index < -0.39 is 4.92 Å². The summed E-state index contributed by atoms with van der Waals surface area (Å²) in [6.07, 6.45) is 0.358. The molecule has 0 spiro atoms. The largest absolute Gasteiger partial charge is 0.433 e. The van der Waals surface area contributed by atoms with Crippen molar-refractivity contribution in [2.24, 2.45) is 0 Å². The maximum atomic E-state index is 13.4. The van der Waals surface area contributed by atoms with Crippen LogP contribution in [0, 0.1) is 15.9 Å². The summed E-state index contributed by atoms with van der Waals surface area (Å²) in [6, 6.07) is 9.19. The molecule has 6 heteroatoms. The van der Waals surface area contributed by atoms with Gasteiger partial charge < -0.3 is 4.42 Å². The molecule has 0 saturated heterocycles. The van der Waals surface area contributed by atoms with Gasteiger partial charge in [-0.15, -0.1) is 0 Å². The Morgan fingerprint density at radius 1 is 1.33 bits per heavy atom. The first kappa shape index (κ1) is 12.8. The summed E-state index contributed by atoms with van der Waals surface area (Å²) in [7, 11) is 0. The third-order valence-corrected chi connectivity index (χ3v) is 3.23. The van der Waals surface area contributed by atoms with Crippen LogP contribution in [0.4, 0.5) is 10.3 Å². The fourth-order valence-corrected chi connectivity index (χ4v) is 2.16. The molecule has 0 aliphatic rings. The molecule has 0 aliphatic heterocycles. The van der Waals surface area contributed by atoms with Gasteiger partial charge in [-0.2, -0.15) is 0 Å². The lowest BCUT2D eigenvalue weighted by molar-refractivity contribution is -0.402. The molecule has 0 fully saturated rings. The summed E-state index contributed by atoms with van der Waals surface area (Å²) in [4.78, 5) is 9.58. The molecule has 0 bridgehead atoms. The molecule has 0 radical (unpaired) electrons. The summed E-state index contributed by atoms with van der Waals surface area (Å²) in [6.45, 7) is 0. The molecule has 1 heterocycles. The number of halogens is 2. The summed E-state index contributed by atoms with van der Waals surface area (Å²) in [5, 5.41) is 10.5. The Labute approximate surface area is 111 Å². The fourth-order valence-electron chi connectivity index (χ4n) is 1.57. The van der Waals surface area contributed by atoms with Crippen LogP contribution in [0.15, 0.2) is 40.8 Å². The van der Waals surface area contributed by atoms with E-state index in [1.54, 1.807) is 18.2 Å². The van der Waals surface area contributed by atoms with Crippen molar-refractivity contribution in [2.45, 2.75) is 11.2 Å². The van der Waals surface area contributed by atoms with Gasteiger partial charge in [0.05, 0.1) is 10.9 Å². The molecule has 1 aromatic heterocycles. The second-order valence-electron chi connectivity index (χ2n) is 3.70. The molecule has 4 nitrogen and oxygen atoms in total. The summed E-state index contributed by atoms with van der Waals surface area (Å²) in [5.74, 6) is -0.212. The van der Waals surface area contributed by atoms with E-state index in [1.165, 1.54) is 18.2 Å². The molecule has 0 N–H and O–H groups in total. The van der Waals surface area contributed by atoms with E-state index in [9.17, 15) is 14.5 Å². The number of nitrogens with zero attached hydrogens (tertiary/aromatic N) is 1. The topological polar surface area (TPSA) is 56.3 Å². The Kier molecular flexibility index (Phi) is 3.76. The lowest BCUT2D eigenvalue weighted by atomic mass is 10.1. The van der Waals surface area contributed by atoms with Crippen LogP contribution in [0.1, 0.15) is 16.2 Å². The highest BCUT2D eigenvalue weighted by Gasteiger charge is 2.18. The first-order valence-electron chi connectivity index (χ1n) is 5.19. The Hall–Kier alpha value is -1.69. The SMILES string of the molecule is O=[N+]([O-])c1ccc(C(Br)Cc2ccccc2F)o1. The average Bonchev–Trinajstić information content (AvgIpc) is 2.81. The zero-order valence-corrected chi connectivity index (χ0v) is 10.8. The molecule has 0 amide bonds. The van der Waals surface area contributed by atoms with Gasteiger partial charge in [0.25, 0.3) is 0 Å². The Balaban J connectivity index is 2.14. The zero-order chi connectivity index (χ0) is 13.1. The first-order chi connectivity index (χ1) is 8.58. The zero-order valence-electron chi connectivity index (χ0n) is 9.18. The van der Waals surface area contributed by atoms with Crippen molar-refractivity contribution in [1.29, 1.82) is 0 Å². The minimum atomic E-state index is -0.605. The lowest BCUT2D eigenvalue weighted by Gasteiger charge is -2.07. The Morgan fingerprint density at radius 2 is 2.06 bits per heavy atom. The highest BCUT2D eigenvalue weighted by Crippen LogP contribution is 2.31. The van der Waals surface area contributed by atoms with Crippen LogP contribution >= 0.6 is 15.9 Å². The smallest absolute Gasteiger partial charge is 0.405 e. The molecule has 0 saturated carbocycles. The number of alkyl halides is 1. The summed E-state index contributed by atoms with van der Waals surface area (Å²) in [5.41, 5.74) is 0.526. The summed E-state index contributed by atoms with van der Waals surface area (Å²) >= 11 is 3.34.